The number of hydrogen-bond donors (Lipinski definition) is 1. The summed E-state index contributed by atoms with van der Waals surface area (Å²) in [6.07, 6.45) is 4.66. The molecule has 0 spiro atoms. The van der Waals surface area contributed by atoms with Crippen LogP contribution in [0.15, 0.2) is 18.9 Å². The Bertz CT molecular complexity index is 434. The maximum absolute atomic E-state index is 10.9. The summed E-state index contributed by atoms with van der Waals surface area (Å²) in [5.74, 6) is -0.0704. The number of H-pyrrole nitrogens is 1. The molecule has 0 fully saturated rings. The van der Waals surface area contributed by atoms with E-state index in [1.807, 2.05) is 0 Å². The number of aromatic amines is 1. The van der Waals surface area contributed by atoms with Gasteiger partial charge in [0.25, 0.3) is 12.0 Å². The van der Waals surface area contributed by atoms with Crippen LogP contribution < -0.4 is 4.57 Å². The van der Waals surface area contributed by atoms with Crippen LogP contribution in [-0.2, 0) is 0 Å². The summed E-state index contributed by atoms with van der Waals surface area (Å²) in [5, 5.41) is 0. The number of carbonyl (C=O) groups excluding carboxylic acids is 1. The average molecular weight is 163 g/mol. The molecule has 2 aromatic rings. The van der Waals surface area contributed by atoms with Crippen LogP contribution in [0, 0.1) is 0 Å². The Kier molecular flexibility index (Phi) is 1.36. The third-order valence-electron chi connectivity index (χ3n) is 1.58. The largest absolute Gasteiger partial charge is 0.338 e. The molecule has 1 N–H and O–H groups in total. The van der Waals surface area contributed by atoms with E-state index >= 15 is 0 Å². The summed E-state index contributed by atoms with van der Waals surface area (Å²) >= 11 is 0. The molecular weight excluding hydrogens is 156 g/mol. The summed E-state index contributed by atoms with van der Waals surface area (Å²) in [6, 6.07) is 0. The zero-order chi connectivity index (χ0) is 8.55. The lowest BCUT2D eigenvalue weighted by molar-refractivity contribution is -0.574. The van der Waals surface area contributed by atoms with E-state index in [4.69, 9.17) is 0 Å². The van der Waals surface area contributed by atoms with E-state index in [0.29, 0.717) is 5.65 Å². The molecule has 0 aliphatic carbocycles. The highest BCUT2D eigenvalue weighted by atomic mass is 16.1. The molecule has 2 rings (SSSR count). The van der Waals surface area contributed by atoms with E-state index in [-0.39, 0.29) is 5.91 Å². The minimum atomic E-state index is -0.0704. The minimum Gasteiger partial charge on any atom is -0.338 e. The van der Waals surface area contributed by atoms with Crippen LogP contribution in [0.3, 0.4) is 0 Å². The van der Waals surface area contributed by atoms with Crippen molar-refractivity contribution >= 4 is 17.1 Å². The Morgan fingerprint density at radius 3 is 3.17 bits per heavy atom. The SMILES string of the molecule is CC(=O)[n+]1cnc2nc[nH]c2c1. The van der Waals surface area contributed by atoms with Crippen molar-refractivity contribution in [2.24, 2.45) is 0 Å². The molecule has 0 unspecified atom stereocenters. The van der Waals surface area contributed by atoms with E-state index in [1.165, 1.54) is 17.8 Å². The summed E-state index contributed by atoms with van der Waals surface area (Å²) in [6.45, 7) is 1.48. The Morgan fingerprint density at radius 1 is 1.58 bits per heavy atom. The Labute approximate surface area is 68.1 Å². The molecule has 0 aliphatic heterocycles. The molecule has 0 saturated carbocycles. The van der Waals surface area contributed by atoms with Gasteiger partial charge in [0, 0.05) is 6.92 Å². The van der Waals surface area contributed by atoms with Gasteiger partial charge >= 0.3 is 5.91 Å². The molecule has 60 valence electrons. The van der Waals surface area contributed by atoms with Crippen molar-refractivity contribution in [3.8, 4) is 0 Å². The smallest absolute Gasteiger partial charge is 0.310 e. The zero-order valence-electron chi connectivity index (χ0n) is 6.48. The first-order chi connectivity index (χ1) is 5.77. The fraction of sp³-hybridized carbons (Fsp3) is 0.143. The zero-order valence-corrected chi connectivity index (χ0v) is 6.48. The average Bonchev–Trinajstić information content (AvgIpc) is 2.49. The maximum Gasteiger partial charge on any atom is 0.310 e. The fourth-order valence-corrected chi connectivity index (χ4v) is 0.956. The molecular formula is C7H7N4O+. The number of rotatable bonds is 0. The Hall–Kier alpha value is -1.78. The number of hydrogen-bond acceptors (Lipinski definition) is 3. The summed E-state index contributed by atoms with van der Waals surface area (Å²) in [5.41, 5.74) is 1.38. The highest BCUT2D eigenvalue weighted by Gasteiger charge is 2.08. The molecule has 0 atom stereocenters. The first kappa shape index (κ1) is 6.90. The summed E-state index contributed by atoms with van der Waals surface area (Å²) in [7, 11) is 0. The van der Waals surface area contributed by atoms with Gasteiger partial charge in [-0.2, -0.15) is 9.55 Å². The standard InChI is InChI=1S/C7H6N4O/c1-5(12)11-2-6-7(10-4-11)9-3-8-6/h2-4H,1H3/p+1. The highest BCUT2D eigenvalue weighted by molar-refractivity contribution is 5.69. The summed E-state index contributed by atoms with van der Waals surface area (Å²) < 4.78 is 1.40. The van der Waals surface area contributed by atoms with Gasteiger partial charge in [-0.15, -0.1) is 0 Å². The van der Waals surface area contributed by atoms with Gasteiger partial charge in [0.1, 0.15) is 6.20 Å². The van der Waals surface area contributed by atoms with Gasteiger partial charge in [-0.3, -0.25) is 0 Å². The van der Waals surface area contributed by atoms with Gasteiger partial charge in [-0.1, -0.05) is 0 Å². The van der Waals surface area contributed by atoms with Crippen molar-refractivity contribution in [3.63, 3.8) is 0 Å². The number of nitrogens with one attached hydrogen (secondary N) is 1. The van der Waals surface area contributed by atoms with E-state index in [2.05, 4.69) is 15.0 Å². The van der Waals surface area contributed by atoms with Gasteiger partial charge in [0.05, 0.1) is 6.33 Å². The van der Waals surface area contributed by atoms with Crippen LogP contribution >= 0.6 is 0 Å². The van der Waals surface area contributed by atoms with Crippen LogP contribution in [0.4, 0.5) is 0 Å². The third-order valence-corrected chi connectivity index (χ3v) is 1.58. The first-order valence-corrected chi connectivity index (χ1v) is 3.49. The monoisotopic (exact) mass is 163 g/mol. The van der Waals surface area contributed by atoms with Crippen molar-refractivity contribution in [2.75, 3.05) is 0 Å². The van der Waals surface area contributed by atoms with Gasteiger partial charge in [0.2, 0.25) is 0 Å². The van der Waals surface area contributed by atoms with Gasteiger partial charge in [-0.05, 0) is 4.98 Å². The molecule has 0 bridgehead atoms. The predicted molar refractivity (Wildman–Crippen MR) is 40.4 cm³/mol. The quantitative estimate of drug-likeness (QED) is 0.552. The van der Waals surface area contributed by atoms with Crippen molar-refractivity contribution < 1.29 is 9.36 Å². The van der Waals surface area contributed by atoms with Crippen LogP contribution in [0.25, 0.3) is 11.2 Å². The van der Waals surface area contributed by atoms with Crippen LogP contribution in [0.5, 0.6) is 0 Å². The molecule has 5 heteroatoms. The predicted octanol–water partition coefficient (Wildman–Crippen LogP) is -0.0945. The van der Waals surface area contributed by atoms with E-state index in [0.717, 1.165) is 5.52 Å². The third kappa shape index (κ3) is 0.952. The van der Waals surface area contributed by atoms with Crippen LogP contribution in [0.1, 0.15) is 11.7 Å². The molecule has 2 aromatic heterocycles. The second-order valence-corrected chi connectivity index (χ2v) is 2.44. The molecule has 0 saturated heterocycles. The molecule has 0 aromatic carbocycles. The van der Waals surface area contributed by atoms with E-state index in [1.54, 1.807) is 12.5 Å². The van der Waals surface area contributed by atoms with E-state index in [9.17, 15) is 4.79 Å². The number of imidazole rings is 1. The molecule has 0 amide bonds. The van der Waals surface area contributed by atoms with Crippen molar-refractivity contribution in [1.82, 2.24) is 15.0 Å². The molecule has 2 heterocycles. The normalized spacial score (nSPS) is 10.4. The van der Waals surface area contributed by atoms with Crippen LogP contribution in [0.2, 0.25) is 0 Å². The Morgan fingerprint density at radius 2 is 2.42 bits per heavy atom. The summed E-state index contributed by atoms with van der Waals surface area (Å²) in [4.78, 5) is 21.7. The van der Waals surface area contributed by atoms with Crippen molar-refractivity contribution in [3.05, 3.63) is 18.9 Å². The highest BCUT2D eigenvalue weighted by Crippen LogP contribution is 1.98. The topological polar surface area (TPSA) is 62.5 Å². The Balaban J connectivity index is 2.68. The molecule has 5 nitrogen and oxygen atoms in total. The number of nitrogens with zero attached hydrogens (tertiary/aromatic N) is 3. The first-order valence-electron chi connectivity index (χ1n) is 3.49. The number of carbonyl (C=O) groups is 1. The van der Waals surface area contributed by atoms with Crippen molar-refractivity contribution in [1.29, 1.82) is 0 Å². The second kappa shape index (κ2) is 2.37. The van der Waals surface area contributed by atoms with Crippen molar-refractivity contribution in [2.45, 2.75) is 6.92 Å². The van der Waals surface area contributed by atoms with Gasteiger partial charge in [0.15, 0.2) is 5.52 Å². The number of aromatic nitrogens is 4. The molecule has 0 radical (unpaired) electrons. The van der Waals surface area contributed by atoms with E-state index < -0.39 is 0 Å². The molecule has 12 heavy (non-hydrogen) atoms. The minimum absolute atomic E-state index is 0.0704. The van der Waals surface area contributed by atoms with Crippen LogP contribution in [-0.4, -0.2) is 20.9 Å². The van der Waals surface area contributed by atoms with Gasteiger partial charge in [-0.25, -0.2) is 4.79 Å². The number of fused-ring (bicyclic) bond motifs is 1. The second-order valence-electron chi connectivity index (χ2n) is 2.44. The fourth-order valence-electron chi connectivity index (χ4n) is 0.956. The molecule has 0 aliphatic rings. The maximum atomic E-state index is 10.9. The lowest BCUT2D eigenvalue weighted by Gasteiger charge is -1.87. The lowest BCUT2D eigenvalue weighted by Crippen LogP contribution is -2.39. The lowest BCUT2D eigenvalue weighted by atomic mass is 10.5. The van der Waals surface area contributed by atoms with Gasteiger partial charge < -0.3 is 4.98 Å².